The van der Waals surface area contributed by atoms with Gasteiger partial charge in [0.1, 0.15) is 5.73 Å². The summed E-state index contributed by atoms with van der Waals surface area (Å²) in [6.45, 7) is 10.1. The quantitative estimate of drug-likeness (QED) is 0.363. The fourth-order valence-electron chi connectivity index (χ4n) is 2.09. The highest BCUT2D eigenvalue weighted by atomic mass is 28.4. The van der Waals surface area contributed by atoms with Crippen molar-refractivity contribution in [3.63, 3.8) is 0 Å². The molecule has 5 nitrogen and oxygen atoms in total. The Bertz CT molecular complexity index is 470. The van der Waals surface area contributed by atoms with Crippen molar-refractivity contribution in [1.82, 2.24) is 0 Å². The van der Waals surface area contributed by atoms with Crippen molar-refractivity contribution in [2.24, 2.45) is 0 Å². The monoisotopic (exact) mass is 386 g/mol. The van der Waals surface area contributed by atoms with E-state index in [2.05, 4.69) is 4.74 Å². The van der Waals surface area contributed by atoms with Crippen LogP contribution >= 0.6 is 0 Å². The number of rotatable bonds is 8. The standard InChI is InChI=1S/C14H25F3O5Si2/c1-7-13(24(5,6)22-23(2,3)4)21-12(19)9-8-11(18)20-10-14(15,16)17/h8-9,13H,7,10H2,1-6H3. The molecule has 0 aliphatic heterocycles. The Morgan fingerprint density at radius 1 is 1.04 bits per heavy atom. The topological polar surface area (TPSA) is 61.8 Å². The number of alkyl halides is 3. The van der Waals surface area contributed by atoms with Gasteiger partial charge in [0.05, 0.1) is 0 Å². The van der Waals surface area contributed by atoms with Crippen LogP contribution in [0.25, 0.3) is 0 Å². The second-order valence-electron chi connectivity index (χ2n) is 6.71. The number of carbonyl (C=O) groups is 2. The minimum absolute atomic E-state index is 0.424. The number of esters is 2. The van der Waals surface area contributed by atoms with Crippen molar-refractivity contribution in [1.29, 1.82) is 0 Å². The number of halogens is 3. The van der Waals surface area contributed by atoms with E-state index >= 15 is 0 Å². The maximum atomic E-state index is 11.9. The predicted molar refractivity (Wildman–Crippen MR) is 88.2 cm³/mol. The van der Waals surface area contributed by atoms with Crippen LogP contribution in [-0.2, 0) is 23.2 Å². The molecule has 0 amide bonds. The van der Waals surface area contributed by atoms with E-state index in [9.17, 15) is 22.8 Å². The molecule has 0 aromatic carbocycles. The van der Waals surface area contributed by atoms with Gasteiger partial charge in [-0.2, -0.15) is 13.2 Å². The van der Waals surface area contributed by atoms with Crippen molar-refractivity contribution in [3.8, 4) is 0 Å². The average Bonchev–Trinajstić information content (AvgIpc) is 2.36. The number of carbonyl (C=O) groups excluding carboxylic acids is 2. The molecular formula is C14H25F3O5Si2. The fraction of sp³-hybridized carbons (Fsp3) is 0.714. The van der Waals surface area contributed by atoms with Gasteiger partial charge in [-0.15, -0.1) is 0 Å². The van der Waals surface area contributed by atoms with Gasteiger partial charge < -0.3 is 13.6 Å². The lowest BCUT2D eigenvalue weighted by atomic mass is 10.5. The molecule has 24 heavy (non-hydrogen) atoms. The molecule has 0 radical (unpaired) electrons. The van der Waals surface area contributed by atoms with E-state index in [0.717, 1.165) is 6.08 Å². The third kappa shape index (κ3) is 10.6. The van der Waals surface area contributed by atoms with E-state index in [0.29, 0.717) is 12.5 Å². The van der Waals surface area contributed by atoms with E-state index < -0.39 is 47.1 Å². The molecule has 0 aromatic rings. The molecule has 0 fully saturated rings. The zero-order chi connectivity index (χ0) is 19.2. The Hall–Kier alpha value is -1.14. The van der Waals surface area contributed by atoms with E-state index in [1.54, 1.807) is 0 Å². The van der Waals surface area contributed by atoms with Crippen LogP contribution in [0.3, 0.4) is 0 Å². The van der Waals surface area contributed by atoms with Gasteiger partial charge in [0.15, 0.2) is 14.9 Å². The third-order valence-electron chi connectivity index (χ3n) is 2.71. The SMILES string of the molecule is CCC(OC(=O)C=CC(=O)OCC(F)(F)F)[Si](C)(C)O[Si](C)(C)C. The van der Waals surface area contributed by atoms with Gasteiger partial charge in [-0.25, -0.2) is 9.59 Å². The molecule has 0 bridgehead atoms. The summed E-state index contributed by atoms with van der Waals surface area (Å²) in [7, 11) is -4.12. The van der Waals surface area contributed by atoms with Gasteiger partial charge >= 0.3 is 18.1 Å². The summed E-state index contributed by atoms with van der Waals surface area (Å²) in [4.78, 5) is 22.9. The van der Waals surface area contributed by atoms with Gasteiger partial charge in [0.25, 0.3) is 0 Å². The first-order valence-electron chi connectivity index (χ1n) is 7.48. The molecule has 0 saturated carbocycles. The van der Waals surface area contributed by atoms with Crippen LogP contribution in [0, 0.1) is 0 Å². The molecule has 1 unspecified atom stereocenters. The van der Waals surface area contributed by atoms with E-state index in [1.807, 2.05) is 39.7 Å². The van der Waals surface area contributed by atoms with Crippen LogP contribution in [-0.4, -0.2) is 47.1 Å². The lowest BCUT2D eigenvalue weighted by Gasteiger charge is -2.36. The molecule has 0 aliphatic carbocycles. The van der Waals surface area contributed by atoms with Crippen LogP contribution in [0.4, 0.5) is 13.2 Å². The van der Waals surface area contributed by atoms with Gasteiger partial charge in [-0.3, -0.25) is 0 Å². The van der Waals surface area contributed by atoms with Crippen molar-refractivity contribution in [2.45, 2.75) is 58.0 Å². The van der Waals surface area contributed by atoms with Crippen LogP contribution in [0.5, 0.6) is 0 Å². The Morgan fingerprint density at radius 2 is 1.54 bits per heavy atom. The maximum Gasteiger partial charge on any atom is 0.422 e. The lowest BCUT2D eigenvalue weighted by molar-refractivity contribution is -0.182. The number of hydrogen-bond acceptors (Lipinski definition) is 5. The van der Waals surface area contributed by atoms with Crippen LogP contribution in [0.2, 0.25) is 32.7 Å². The summed E-state index contributed by atoms with van der Waals surface area (Å²) in [5.74, 6) is -2.07. The fourth-order valence-corrected chi connectivity index (χ4v) is 10.3. The minimum Gasteiger partial charge on any atom is -0.460 e. The van der Waals surface area contributed by atoms with Crippen LogP contribution in [0.15, 0.2) is 12.2 Å². The zero-order valence-corrected chi connectivity index (χ0v) is 16.8. The minimum atomic E-state index is -4.61. The highest BCUT2D eigenvalue weighted by Crippen LogP contribution is 2.22. The van der Waals surface area contributed by atoms with Crippen LogP contribution < -0.4 is 0 Å². The van der Waals surface area contributed by atoms with Crippen LogP contribution in [0.1, 0.15) is 13.3 Å². The number of hydrogen-bond donors (Lipinski definition) is 0. The molecule has 0 rings (SSSR count). The van der Waals surface area contributed by atoms with Crippen molar-refractivity contribution >= 4 is 28.6 Å². The molecule has 140 valence electrons. The summed E-state index contributed by atoms with van der Waals surface area (Å²) >= 11 is 0. The summed E-state index contributed by atoms with van der Waals surface area (Å²) < 4.78 is 51.1. The van der Waals surface area contributed by atoms with Gasteiger partial charge in [-0.1, -0.05) is 6.92 Å². The molecule has 0 heterocycles. The summed E-state index contributed by atoms with van der Waals surface area (Å²) in [5.41, 5.74) is -0.424. The van der Waals surface area contributed by atoms with Crippen molar-refractivity contribution in [3.05, 3.63) is 12.2 Å². The predicted octanol–water partition coefficient (Wildman–Crippen LogP) is 3.57. The smallest absolute Gasteiger partial charge is 0.422 e. The Labute approximate surface area is 142 Å². The second kappa shape index (κ2) is 8.81. The first-order valence-corrected chi connectivity index (χ1v) is 13.9. The molecular weight excluding hydrogens is 361 g/mol. The summed E-state index contributed by atoms with van der Waals surface area (Å²) in [5, 5.41) is 0. The highest BCUT2D eigenvalue weighted by Gasteiger charge is 2.39. The number of ether oxygens (including phenoxy) is 2. The Balaban J connectivity index is 4.66. The summed E-state index contributed by atoms with van der Waals surface area (Å²) in [6.07, 6.45) is -2.68. The van der Waals surface area contributed by atoms with Gasteiger partial charge in [0, 0.05) is 12.2 Å². The van der Waals surface area contributed by atoms with Crippen molar-refractivity contribution < 1.29 is 36.3 Å². The molecule has 0 N–H and O–H groups in total. The molecule has 0 saturated heterocycles. The third-order valence-corrected chi connectivity index (χ3v) is 9.34. The maximum absolute atomic E-state index is 11.9. The first-order chi connectivity index (χ1) is 10.7. The zero-order valence-electron chi connectivity index (χ0n) is 14.8. The van der Waals surface area contributed by atoms with E-state index in [1.165, 1.54) is 0 Å². The van der Waals surface area contributed by atoms with Gasteiger partial charge in [-0.05, 0) is 39.2 Å². The van der Waals surface area contributed by atoms with Gasteiger partial charge in [0.2, 0.25) is 8.32 Å². The molecule has 0 aliphatic rings. The largest absolute Gasteiger partial charge is 0.460 e. The molecule has 0 aromatic heterocycles. The Kier molecular flexibility index (Phi) is 8.39. The second-order valence-corrected chi connectivity index (χ2v) is 15.6. The lowest BCUT2D eigenvalue weighted by Crippen LogP contribution is -2.52. The summed E-state index contributed by atoms with van der Waals surface area (Å²) in [6, 6.07) is 0. The molecule has 1 atom stereocenters. The highest BCUT2D eigenvalue weighted by molar-refractivity contribution is 6.84. The van der Waals surface area contributed by atoms with E-state index in [-0.39, 0.29) is 0 Å². The molecule has 10 heteroatoms. The molecule has 0 spiro atoms. The average molecular weight is 387 g/mol. The first kappa shape index (κ1) is 22.9. The normalized spacial score (nSPS) is 14.5. The Morgan fingerprint density at radius 3 is 1.96 bits per heavy atom. The van der Waals surface area contributed by atoms with E-state index in [4.69, 9.17) is 8.85 Å². The van der Waals surface area contributed by atoms with Crippen molar-refractivity contribution in [2.75, 3.05) is 6.61 Å².